The van der Waals surface area contributed by atoms with Crippen molar-refractivity contribution in [3.05, 3.63) is 46.1 Å². The minimum Gasteiger partial charge on any atom is -0.495 e. The Bertz CT molecular complexity index is 1300. The summed E-state index contributed by atoms with van der Waals surface area (Å²) in [4.78, 5) is 29.3. The SMILES string of the molecule is COc1ccc(NC(=O)Cn2cnc3c(cnn3C3CCS(=O)(=O)C3)c2=O)cc1Cl. The molecule has 1 fully saturated rings. The maximum absolute atomic E-state index is 12.7. The summed E-state index contributed by atoms with van der Waals surface area (Å²) in [7, 11) is -1.61. The first-order valence-electron chi connectivity index (χ1n) is 9.04. The third-order valence-corrected chi connectivity index (χ3v) is 6.93. The molecule has 30 heavy (non-hydrogen) atoms. The molecule has 1 unspecified atom stereocenters. The monoisotopic (exact) mass is 451 g/mol. The summed E-state index contributed by atoms with van der Waals surface area (Å²) in [6.07, 6.45) is 3.04. The summed E-state index contributed by atoms with van der Waals surface area (Å²) in [5.74, 6) is 0.105. The van der Waals surface area contributed by atoms with E-state index in [1.54, 1.807) is 18.2 Å². The van der Waals surface area contributed by atoms with E-state index >= 15 is 0 Å². The molecule has 1 atom stereocenters. The van der Waals surface area contributed by atoms with Crippen LogP contribution in [0, 0.1) is 0 Å². The molecule has 1 saturated heterocycles. The zero-order valence-corrected chi connectivity index (χ0v) is 17.5. The molecule has 10 nitrogen and oxygen atoms in total. The van der Waals surface area contributed by atoms with Gasteiger partial charge in [0, 0.05) is 5.69 Å². The average Bonchev–Trinajstić information content (AvgIpc) is 3.27. The topological polar surface area (TPSA) is 125 Å². The minimum atomic E-state index is -3.10. The number of benzene rings is 1. The largest absolute Gasteiger partial charge is 0.495 e. The Morgan fingerprint density at radius 1 is 1.40 bits per heavy atom. The summed E-state index contributed by atoms with van der Waals surface area (Å²) in [5, 5.41) is 7.40. The number of aromatic nitrogens is 4. The van der Waals surface area contributed by atoms with Crippen molar-refractivity contribution in [1.29, 1.82) is 0 Å². The Kier molecular flexibility index (Phi) is 5.24. The second-order valence-corrected chi connectivity index (χ2v) is 9.59. The van der Waals surface area contributed by atoms with Crippen LogP contribution in [0.5, 0.6) is 5.75 Å². The number of methoxy groups -OCH3 is 1. The molecule has 12 heteroatoms. The van der Waals surface area contributed by atoms with Gasteiger partial charge < -0.3 is 10.1 Å². The number of carbonyl (C=O) groups is 1. The molecule has 3 aromatic rings. The highest BCUT2D eigenvalue weighted by Gasteiger charge is 2.31. The number of sulfone groups is 1. The molecule has 0 radical (unpaired) electrons. The van der Waals surface area contributed by atoms with Crippen LogP contribution in [0.25, 0.3) is 11.0 Å². The van der Waals surface area contributed by atoms with Gasteiger partial charge in [0.2, 0.25) is 5.91 Å². The molecule has 158 valence electrons. The number of anilines is 1. The van der Waals surface area contributed by atoms with Gasteiger partial charge in [-0.05, 0) is 24.6 Å². The molecular weight excluding hydrogens is 434 g/mol. The minimum absolute atomic E-state index is 0.0264. The third-order valence-electron chi connectivity index (χ3n) is 4.88. The highest BCUT2D eigenvalue weighted by atomic mass is 35.5. The number of rotatable bonds is 5. The Labute approximate surface area is 176 Å². The van der Waals surface area contributed by atoms with Crippen LogP contribution in [-0.4, -0.2) is 52.3 Å². The van der Waals surface area contributed by atoms with Crippen molar-refractivity contribution >= 4 is 44.1 Å². The van der Waals surface area contributed by atoms with Gasteiger partial charge in [0.25, 0.3) is 5.56 Å². The summed E-state index contributed by atoms with van der Waals surface area (Å²) in [6.45, 7) is -0.256. The Morgan fingerprint density at radius 3 is 2.87 bits per heavy atom. The highest BCUT2D eigenvalue weighted by Crippen LogP contribution is 2.27. The van der Waals surface area contributed by atoms with Crippen LogP contribution in [0.1, 0.15) is 12.5 Å². The van der Waals surface area contributed by atoms with Crippen molar-refractivity contribution in [1.82, 2.24) is 19.3 Å². The van der Waals surface area contributed by atoms with Crippen molar-refractivity contribution in [3.63, 3.8) is 0 Å². The lowest BCUT2D eigenvalue weighted by Crippen LogP contribution is -2.28. The highest BCUT2D eigenvalue weighted by molar-refractivity contribution is 7.91. The van der Waals surface area contributed by atoms with Crippen LogP contribution in [0.3, 0.4) is 0 Å². The van der Waals surface area contributed by atoms with Gasteiger partial charge >= 0.3 is 0 Å². The molecule has 3 heterocycles. The maximum atomic E-state index is 12.7. The van der Waals surface area contributed by atoms with Crippen molar-refractivity contribution in [2.45, 2.75) is 19.0 Å². The van der Waals surface area contributed by atoms with Gasteiger partial charge in [0.1, 0.15) is 24.0 Å². The Hall–Kier alpha value is -2.92. The lowest BCUT2D eigenvalue weighted by atomic mass is 10.3. The van der Waals surface area contributed by atoms with E-state index in [1.165, 1.54) is 28.9 Å². The first-order valence-corrected chi connectivity index (χ1v) is 11.2. The van der Waals surface area contributed by atoms with E-state index in [0.717, 1.165) is 0 Å². The van der Waals surface area contributed by atoms with Crippen LogP contribution >= 0.6 is 11.6 Å². The number of hydrogen-bond acceptors (Lipinski definition) is 7. The Balaban J connectivity index is 1.54. The number of hydrogen-bond donors (Lipinski definition) is 1. The van der Waals surface area contributed by atoms with Gasteiger partial charge in [-0.1, -0.05) is 11.6 Å². The van der Waals surface area contributed by atoms with Crippen LogP contribution in [0.2, 0.25) is 5.02 Å². The number of nitrogens with zero attached hydrogens (tertiary/aromatic N) is 4. The summed E-state index contributed by atoms with van der Waals surface area (Å²) >= 11 is 6.05. The molecule has 4 rings (SSSR count). The van der Waals surface area contributed by atoms with Gasteiger partial charge in [-0.25, -0.2) is 18.1 Å². The van der Waals surface area contributed by atoms with Crippen molar-refractivity contribution in [2.24, 2.45) is 0 Å². The van der Waals surface area contributed by atoms with Crippen molar-refractivity contribution in [3.8, 4) is 5.75 Å². The normalized spacial score (nSPS) is 17.9. The summed E-state index contributed by atoms with van der Waals surface area (Å²) in [6, 6.07) is 4.45. The van der Waals surface area contributed by atoms with E-state index in [2.05, 4.69) is 15.4 Å². The number of fused-ring (bicyclic) bond motifs is 1. The zero-order chi connectivity index (χ0) is 21.5. The van der Waals surface area contributed by atoms with Crippen LogP contribution < -0.4 is 15.6 Å². The number of halogens is 1. The van der Waals surface area contributed by atoms with E-state index in [-0.39, 0.29) is 29.5 Å². The lowest BCUT2D eigenvalue weighted by Gasteiger charge is -2.11. The predicted octanol–water partition coefficient (Wildman–Crippen LogP) is 1.25. The van der Waals surface area contributed by atoms with E-state index in [0.29, 0.717) is 28.5 Å². The van der Waals surface area contributed by atoms with Crippen molar-refractivity contribution in [2.75, 3.05) is 23.9 Å². The molecule has 2 aromatic heterocycles. The molecule has 0 spiro atoms. The molecule has 1 aliphatic heterocycles. The van der Waals surface area contributed by atoms with Crippen LogP contribution in [0.4, 0.5) is 5.69 Å². The summed E-state index contributed by atoms with van der Waals surface area (Å²) < 4.78 is 31.2. The predicted molar refractivity (Wildman–Crippen MR) is 111 cm³/mol. The fourth-order valence-corrected chi connectivity index (χ4v) is 5.36. The number of nitrogens with one attached hydrogen (secondary N) is 1. The van der Waals surface area contributed by atoms with E-state index in [9.17, 15) is 18.0 Å². The Morgan fingerprint density at radius 2 is 2.20 bits per heavy atom. The van der Waals surface area contributed by atoms with Gasteiger partial charge in [-0.3, -0.25) is 14.2 Å². The molecule has 0 saturated carbocycles. The first-order chi connectivity index (χ1) is 14.3. The molecule has 1 aromatic carbocycles. The van der Waals surface area contributed by atoms with Crippen LogP contribution in [0.15, 0.2) is 35.5 Å². The smallest absolute Gasteiger partial charge is 0.264 e. The van der Waals surface area contributed by atoms with Gasteiger partial charge in [0.15, 0.2) is 15.5 Å². The van der Waals surface area contributed by atoms with Crippen LogP contribution in [-0.2, 0) is 21.2 Å². The quantitative estimate of drug-likeness (QED) is 0.618. The average molecular weight is 452 g/mol. The number of amides is 1. The van der Waals surface area contributed by atoms with E-state index < -0.39 is 21.3 Å². The molecule has 1 aliphatic rings. The summed E-state index contributed by atoms with van der Waals surface area (Å²) in [5.41, 5.74) is 0.332. The lowest BCUT2D eigenvalue weighted by molar-refractivity contribution is -0.116. The van der Waals surface area contributed by atoms with Crippen molar-refractivity contribution < 1.29 is 17.9 Å². The number of carbonyl (C=O) groups excluding carboxylic acids is 1. The van der Waals surface area contributed by atoms with E-state index in [1.807, 2.05) is 0 Å². The van der Waals surface area contributed by atoms with Gasteiger partial charge in [0.05, 0.1) is 35.9 Å². The van der Waals surface area contributed by atoms with E-state index in [4.69, 9.17) is 16.3 Å². The molecule has 1 N–H and O–H groups in total. The maximum Gasteiger partial charge on any atom is 0.264 e. The fraction of sp³-hybridized carbons (Fsp3) is 0.333. The molecule has 0 aliphatic carbocycles. The van der Waals surface area contributed by atoms with Gasteiger partial charge in [-0.2, -0.15) is 5.10 Å². The van der Waals surface area contributed by atoms with Gasteiger partial charge in [-0.15, -0.1) is 0 Å². The molecule has 0 bridgehead atoms. The third kappa shape index (κ3) is 3.90. The molecule has 1 amide bonds. The number of ether oxygens (including phenoxy) is 1. The second kappa shape index (κ2) is 7.73. The zero-order valence-electron chi connectivity index (χ0n) is 15.9. The molecular formula is C18H18ClN5O5S. The second-order valence-electron chi connectivity index (χ2n) is 6.96. The fourth-order valence-electron chi connectivity index (χ4n) is 3.41. The standard InChI is InChI=1S/C18H18ClN5O5S/c1-29-15-3-2-11(6-14(15)19)22-16(25)8-23-10-20-17-13(18(23)26)7-21-24(17)12-4-5-30(27,28)9-12/h2-3,6-7,10,12H,4-5,8-9H2,1H3,(H,22,25). The first kappa shape index (κ1) is 20.4.